The zero-order chi connectivity index (χ0) is 12.6. The van der Waals surface area contributed by atoms with Crippen LogP contribution in [0.5, 0.6) is 0 Å². The Labute approximate surface area is 106 Å². The molecule has 1 saturated carbocycles. The average molecular weight is 257 g/mol. The number of hydrogen-bond acceptors (Lipinski definition) is 3. The first kappa shape index (κ1) is 12.7. The molecular formula is C12H19NO3S. The van der Waals surface area contributed by atoms with Gasteiger partial charge in [-0.3, -0.25) is 9.59 Å². The molecule has 5 heteroatoms. The predicted molar refractivity (Wildman–Crippen MR) is 66.9 cm³/mol. The second-order valence-electron chi connectivity index (χ2n) is 5.31. The van der Waals surface area contributed by atoms with Crippen molar-refractivity contribution >= 4 is 23.6 Å². The van der Waals surface area contributed by atoms with Crippen LogP contribution in [0.25, 0.3) is 0 Å². The van der Waals surface area contributed by atoms with E-state index >= 15 is 0 Å². The van der Waals surface area contributed by atoms with E-state index in [0.29, 0.717) is 25.4 Å². The number of thioether (sulfide) groups is 1. The van der Waals surface area contributed by atoms with Crippen molar-refractivity contribution in [2.75, 3.05) is 24.6 Å². The third-order valence-corrected chi connectivity index (χ3v) is 5.08. The summed E-state index contributed by atoms with van der Waals surface area (Å²) in [4.78, 5) is 25.4. The van der Waals surface area contributed by atoms with Gasteiger partial charge in [0.25, 0.3) is 0 Å². The van der Waals surface area contributed by atoms with E-state index in [0.717, 1.165) is 11.5 Å². The Hall–Kier alpha value is -0.710. The molecule has 2 fully saturated rings. The van der Waals surface area contributed by atoms with Gasteiger partial charge in [0, 0.05) is 18.8 Å². The van der Waals surface area contributed by atoms with Gasteiger partial charge >= 0.3 is 5.97 Å². The topological polar surface area (TPSA) is 57.6 Å². The number of nitrogens with zero attached hydrogens (tertiary/aromatic N) is 1. The van der Waals surface area contributed by atoms with E-state index in [9.17, 15) is 14.7 Å². The summed E-state index contributed by atoms with van der Waals surface area (Å²) in [5.74, 6) is 1.30. The van der Waals surface area contributed by atoms with Gasteiger partial charge in [0.15, 0.2) is 0 Å². The number of carboxylic acids is 1. The molecular weight excluding hydrogens is 238 g/mol. The van der Waals surface area contributed by atoms with Crippen molar-refractivity contribution in [3.63, 3.8) is 0 Å². The number of rotatable bonds is 2. The minimum absolute atomic E-state index is 0.0151. The first-order chi connectivity index (χ1) is 7.98. The van der Waals surface area contributed by atoms with E-state index in [2.05, 4.69) is 6.92 Å². The molecule has 0 aromatic heterocycles. The smallest absolute Gasteiger partial charge is 0.319 e. The van der Waals surface area contributed by atoms with E-state index in [1.165, 1.54) is 0 Å². The minimum atomic E-state index is -1.10. The maximum atomic E-state index is 12.4. The summed E-state index contributed by atoms with van der Waals surface area (Å²) in [6, 6.07) is 0. The van der Waals surface area contributed by atoms with Gasteiger partial charge < -0.3 is 10.0 Å². The van der Waals surface area contributed by atoms with Crippen molar-refractivity contribution in [2.45, 2.75) is 20.3 Å². The third kappa shape index (κ3) is 2.17. The largest absolute Gasteiger partial charge is 0.480 e. The van der Waals surface area contributed by atoms with Crippen LogP contribution in [0.4, 0.5) is 0 Å². The Kier molecular flexibility index (Phi) is 3.39. The van der Waals surface area contributed by atoms with E-state index < -0.39 is 11.4 Å². The first-order valence-electron chi connectivity index (χ1n) is 6.09. The maximum absolute atomic E-state index is 12.4. The molecule has 0 aromatic rings. The summed E-state index contributed by atoms with van der Waals surface area (Å²) in [7, 11) is 0. The first-order valence-corrected chi connectivity index (χ1v) is 7.24. The molecule has 2 rings (SSSR count). The zero-order valence-electron chi connectivity index (χ0n) is 10.3. The van der Waals surface area contributed by atoms with E-state index in [-0.39, 0.29) is 11.8 Å². The molecule has 0 spiro atoms. The summed E-state index contributed by atoms with van der Waals surface area (Å²) in [6.07, 6.45) is 0.499. The predicted octanol–water partition coefficient (Wildman–Crippen LogP) is 1.31. The highest BCUT2D eigenvalue weighted by atomic mass is 32.2. The van der Waals surface area contributed by atoms with E-state index in [4.69, 9.17) is 0 Å². The molecule has 0 radical (unpaired) electrons. The van der Waals surface area contributed by atoms with E-state index in [1.807, 2.05) is 18.7 Å². The van der Waals surface area contributed by atoms with Crippen LogP contribution in [0.3, 0.4) is 0 Å². The lowest BCUT2D eigenvalue weighted by Gasteiger charge is -2.26. The van der Waals surface area contributed by atoms with Gasteiger partial charge in [-0.25, -0.2) is 0 Å². The summed E-state index contributed by atoms with van der Waals surface area (Å²) in [5, 5.41) is 9.26. The molecule has 4 nitrogen and oxygen atoms in total. The molecule has 1 heterocycles. The van der Waals surface area contributed by atoms with Gasteiger partial charge in [-0.15, -0.1) is 0 Å². The third-order valence-electron chi connectivity index (χ3n) is 3.80. The quantitative estimate of drug-likeness (QED) is 0.758. The van der Waals surface area contributed by atoms with Gasteiger partial charge in [-0.05, 0) is 24.0 Å². The lowest BCUT2D eigenvalue weighted by molar-refractivity contribution is -0.154. The van der Waals surface area contributed by atoms with Crippen LogP contribution in [-0.2, 0) is 9.59 Å². The molecule has 1 aliphatic carbocycles. The Bertz CT molecular complexity index is 347. The molecule has 17 heavy (non-hydrogen) atoms. The Balaban J connectivity index is 2.11. The lowest BCUT2D eigenvalue weighted by atomic mass is 10.0. The number of carbonyl (C=O) groups is 2. The van der Waals surface area contributed by atoms with Crippen molar-refractivity contribution in [2.24, 2.45) is 17.3 Å². The molecule has 0 aromatic carbocycles. The number of amides is 1. The van der Waals surface area contributed by atoms with Gasteiger partial charge in [-0.1, -0.05) is 13.8 Å². The molecule has 3 atom stereocenters. The normalized spacial score (nSPS) is 37.4. The molecule has 96 valence electrons. The summed E-state index contributed by atoms with van der Waals surface area (Å²) in [5.41, 5.74) is -1.10. The Morgan fingerprint density at radius 3 is 2.59 bits per heavy atom. The maximum Gasteiger partial charge on any atom is 0.319 e. The molecule has 2 aliphatic rings. The van der Waals surface area contributed by atoms with Crippen LogP contribution in [0.1, 0.15) is 20.3 Å². The fraction of sp³-hybridized carbons (Fsp3) is 0.833. The summed E-state index contributed by atoms with van der Waals surface area (Å²) < 4.78 is 0. The Morgan fingerprint density at radius 2 is 2.06 bits per heavy atom. The monoisotopic (exact) mass is 257 g/mol. The fourth-order valence-corrected chi connectivity index (χ4v) is 3.58. The SMILES string of the molecule is CC1CSCCN(C(=O)[C@]2(C(=O)O)C[C@H]2C)C1. The van der Waals surface area contributed by atoms with Crippen LogP contribution in [0, 0.1) is 17.3 Å². The second kappa shape index (κ2) is 4.52. The van der Waals surface area contributed by atoms with Crippen LogP contribution >= 0.6 is 11.8 Å². The van der Waals surface area contributed by atoms with Gasteiger partial charge in [-0.2, -0.15) is 11.8 Å². The van der Waals surface area contributed by atoms with Gasteiger partial charge in [0.05, 0.1) is 0 Å². The van der Waals surface area contributed by atoms with E-state index in [1.54, 1.807) is 4.90 Å². The van der Waals surface area contributed by atoms with Crippen molar-refractivity contribution in [3.8, 4) is 0 Å². The number of carboxylic acid groups (broad SMARTS) is 1. The molecule has 1 unspecified atom stereocenters. The number of carbonyl (C=O) groups excluding carboxylic acids is 1. The van der Waals surface area contributed by atoms with Crippen LogP contribution in [-0.4, -0.2) is 46.5 Å². The van der Waals surface area contributed by atoms with Gasteiger partial charge in [0.1, 0.15) is 5.41 Å². The number of hydrogen-bond donors (Lipinski definition) is 1. The fourth-order valence-electron chi connectivity index (χ4n) is 2.56. The van der Waals surface area contributed by atoms with Crippen LogP contribution in [0.15, 0.2) is 0 Å². The second-order valence-corrected chi connectivity index (χ2v) is 6.46. The molecule has 1 saturated heterocycles. The van der Waals surface area contributed by atoms with Crippen molar-refractivity contribution < 1.29 is 14.7 Å². The van der Waals surface area contributed by atoms with Crippen molar-refractivity contribution in [3.05, 3.63) is 0 Å². The minimum Gasteiger partial charge on any atom is -0.480 e. The highest BCUT2D eigenvalue weighted by Gasteiger charge is 2.64. The average Bonchev–Trinajstić information content (AvgIpc) is 2.98. The Morgan fingerprint density at radius 1 is 1.41 bits per heavy atom. The summed E-state index contributed by atoms with van der Waals surface area (Å²) in [6.45, 7) is 5.35. The van der Waals surface area contributed by atoms with Crippen molar-refractivity contribution in [1.29, 1.82) is 0 Å². The standard InChI is InChI=1S/C12H19NO3S/c1-8-6-13(3-4-17-7-8)10(14)12(11(15)16)5-9(12)2/h8-9H,3-7H2,1-2H3,(H,15,16)/t8?,9-,12+/m1/s1. The molecule has 1 aliphatic heterocycles. The molecule has 1 amide bonds. The highest BCUT2D eigenvalue weighted by molar-refractivity contribution is 7.99. The molecule has 0 bridgehead atoms. The van der Waals surface area contributed by atoms with Gasteiger partial charge in [0.2, 0.25) is 5.91 Å². The van der Waals surface area contributed by atoms with Crippen LogP contribution in [0.2, 0.25) is 0 Å². The van der Waals surface area contributed by atoms with Crippen LogP contribution < -0.4 is 0 Å². The molecule has 1 N–H and O–H groups in total. The highest BCUT2D eigenvalue weighted by Crippen LogP contribution is 2.53. The number of aliphatic carboxylic acids is 1. The lowest BCUT2D eigenvalue weighted by Crippen LogP contribution is -2.44. The van der Waals surface area contributed by atoms with Crippen molar-refractivity contribution in [1.82, 2.24) is 4.90 Å². The summed E-state index contributed by atoms with van der Waals surface area (Å²) >= 11 is 1.84. The zero-order valence-corrected chi connectivity index (χ0v) is 11.1.